The van der Waals surface area contributed by atoms with Crippen molar-refractivity contribution >= 4 is 10.2 Å². The maximum atomic E-state index is 12.7. The van der Waals surface area contributed by atoms with Gasteiger partial charge in [0.15, 0.2) is 0 Å². The maximum absolute atomic E-state index is 12.7. The predicted molar refractivity (Wildman–Crippen MR) is 67.4 cm³/mol. The van der Waals surface area contributed by atoms with E-state index in [2.05, 4.69) is 5.32 Å². The van der Waals surface area contributed by atoms with Gasteiger partial charge in [-0.3, -0.25) is 0 Å². The van der Waals surface area contributed by atoms with E-state index in [-0.39, 0.29) is 12.1 Å². The first kappa shape index (κ1) is 12.8. The van der Waals surface area contributed by atoms with Crippen molar-refractivity contribution in [3.63, 3.8) is 0 Å². The molecule has 2 heterocycles. The zero-order chi connectivity index (χ0) is 12.6. The van der Waals surface area contributed by atoms with E-state index >= 15 is 0 Å². The van der Waals surface area contributed by atoms with Crippen molar-refractivity contribution in [2.24, 2.45) is 0 Å². The van der Waals surface area contributed by atoms with Gasteiger partial charge >= 0.3 is 0 Å². The predicted octanol–water partition coefficient (Wildman–Crippen LogP) is -0.610. The van der Waals surface area contributed by atoms with Crippen LogP contribution in [0.15, 0.2) is 0 Å². The number of rotatable bonds is 2. The van der Waals surface area contributed by atoms with E-state index in [1.807, 2.05) is 0 Å². The van der Waals surface area contributed by atoms with Crippen molar-refractivity contribution in [1.29, 1.82) is 0 Å². The first-order valence-corrected chi connectivity index (χ1v) is 8.18. The van der Waals surface area contributed by atoms with Gasteiger partial charge in [-0.15, -0.1) is 0 Å². The highest BCUT2D eigenvalue weighted by Crippen LogP contribution is 2.32. The summed E-state index contributed by atoms with van der Waals surface area (Å²) in [5, 5.41) is 3.19. The Hall–Kier alpha value is -0.210. The highest BCUT2D eigenvalue weighted by molar-refractivity contribution is 7.86. The van der Waals surface area contributed by atoms with Crippen LogP contribution in [0.5, 0.6) is 0 Å². The SMILES string of the molecule is O=S(=O)(N1CCNCC1)N1CCOC2CCCC21. The molecule has 3 fully saturated rings. The summed E-state index contributed by atoms with van der Waals surface area (Å²) in [5.41, 5.74) is 0. The molecule has 104 valence electrons. The van der Waals surface area contributed by atoms with Gasteiger partial charge in [0.2, 0.25) is 0 Å². The third-order valence-corrected chi connectivity index (χ3v) is 6.19. The molecule has 0 amide bonds. The molecule has 0 aromatic heterocycles. The summed E-state index contributed by atoms with van der Waals surface area (Å²) in [7, 11) is -3.29. The van der Waals surface area contributed by atoms with Gasteiger partial charge in [-0.25, -0.2) is 0 Å². The molecule has 0 radical (unpaired) electrons. The lowest BCUT2D eigenvalue weighted by Crippen LogP contribution is -2.58. The topological polar surface area (TPSA) is 61.9 Å². The number of nitrogens with one attached hydrogen (secondary N) is 1. The molecule has 3 rings (SSSR count). The van der Waals surface area contributed by atoms with Gasteiger partial charge in [0.25, 0.3) is 10.2 Å². The minimum absolute atomic E-state index is 0.0682. The van der Waals surface area contributed by atoms with Gasteiger partial charge < -0.3 is 10.1 Å². The molecule has 0 aromatic rings. The zero-order valence-corrected chi connectivity index (χ0v) is 11.4. The largest absolute Gasteiger partial charge is 0.375 e. The summed E-state index contributed by atoms with van der Waals surface area (Å²) in [6.07, 6.45) is 3.13. The fourth-order valence-electron chi connectivity index (χ4n) is 3.20. The van der Waals surface area contributed by atoms with Crippen molar-refractivity contribution in [2.45, 2.75) is 31.4 Å². The molecule has 2 aliphatic heterocycles. The van der Waals surface area contributed by atoms with Crippen LogP contribution in [0.2, 0.25) is 0 Å². The van der Waals surface area contributed by atoms with Crippen LogP contribution in [-0.4, -0.2) is 68.5 Å². The van der Waals surface area contributed by atoms with Crippen LogP contribution < -0.4 is 5.32 Å². The second-order valence-electron chi connectivity index (χ2n) is 5.18. The van der Waals surface area contributed by atoms with E-state index in [4.69, 9.17) is 4.74 Å². The van der Waals surface area contributed by atoms with E-state index < -0.39 is 10.2 Å². The highest BCUT2D eigenvalue weighted by atomic mass is 32.2. The molecule has 1 saturated carbocycles. The molecule has 2 saturated heterocycles. The Morgan fingerprint density at radius 2 is 1.89 bits per heavy atom. The Morgan fingerprint density at radius 1 is 1.11 bits per heavy atom. The zero-order valence-electron chi connectivity index (χ0n) is 10.5. The standard InChI is InChI=1S/C11H21N3O3S/c15-18(16,13-6-4-12-5-7-13)14-8-9-17-11-3-1-2-10(11)14/h10-12H,1-9H2. The van der Waals surface area contributed by atoms with E-state index in [0.29, 0.717) is 26.2 Å². The maximum Gasteiger partial charge on any atom is 0.282 e. The number of fused-ring (bicyclic) bond motifs is 1. The first-order chi connectivity index (χ1) is 8.69. The van der Waals surface area contributed by atoms with E-state index in [0.717, 1.165) is 32.4 Å². The molecular weight excluding hydrogens is 254 g/mol. The summed E-state index contributed by atoms with van der Waals surface area (Å²) in [4.78, 5) is 0. The highest BCUT2D eigenvalue weighted by Gasteiger charge is 2.43. The lowest BCUT2D eigenvalue weighted by Gasteiger charge is -2.40. The average Bonchev–Trinajstić information content (AvgIpc) is 2.87. The Labute approximate surface area is 108 Å². The normalized spacial score (nSPS) is 35.6. The third-order valence-electron chi connectivity index (χ3n) is 4.13. The van der Waals surface area contributed by atoms with Gasteiger partial charge in [-0.05, 0) is 19.3 Å². The molecule has 2 atom stereocenters. The van der Waals surface area contributed by atoms with Crippen molar-refractivity contribution < 1.29 is 13.2 Å². The summed E-state index contributed by atoms with van der Waals surface area (Å²) in [5.74, 6) is 0. The van der Waals surface area contributed by atoms with Crippen LogP contribution in [0.4, 0.5) is 0 Å². The molecular formula is C11H21N3O3S. The first-order valence-electron chi connectivity index (χ1n) is 6.79. The Bertz CT molecular complexity index is 394. The van der Waals surface area contributed by atoms with Crippen LogP contribution in [0, 0.1) is 0 Å². The monoisotopic (exact) mass is 275 g/mol. The lowest BCUT2D eigenvalue weighted by atomic mass is 10.2. The van der Waals surface area contributed by atoms with E-state index in [9.17, 15) is 8.42 Å². The average molecular weight is 275 g/mol. The minimum atomic E-state index is -3.29. The summed E-state index contributed by atoms with van der Waals surface area (Å²) < 4.78 is 34.3. The molecule has 2 unspecified atom stereocenters. The van der Waals surface area contributed by atoms with Gasteiger partial charge in [0, 0.05) is 32.7 Å². The molecule has 1 aliphatic carbocycles. The fraction of sp³-hybridized carbons (Fsp3) is 1.00. The molecule has 0 spiro atoms. The van der Waals surface area contributed by atoms with Crippen LogP contribution >= 0.6 is 0 Å². The van der Waals surface area contributed by atoms with Crippen LogP contribution in [0.3, 0.4) is 0 Å². The van der Waals surface area contributed by atoms with Crippen LogP contribution in [0.25, 0.3) is 0 Å². The molecule has 3 aliphatic rings. The van der Waals surface area contributed by atoms with Gasteiger partial charge in [0.1, 0.15) is 0 Å². The lowest BCUT2D eigenvalue weighted by molar-refractivity contribution is -0.0261. The van der Waals surface area contributed by atoms with Crippen molar-refractivity contribution in [3.05, 3.63) is 0 Å². The van der Waals surface area contributed by atoms with Gasteiger partial charge in [-0.1, -0.05) is 0 Å². The second kappa shape index (κ2) is 5.05. The number of hydrogen-bond acceptors (Lipinski definition) is 4. The van der Waals surface area contributed by atoms with Crippen molar-refractivity contribution in [1.82, 2.24) is 13.9 Å². The smallest absolute Gasteiger partial charge is 0.282 e. The quantitative estimate of drug-likeness (QED) is 0.730. The molecule has 0 aromatic carbocycles. The summed E-state index contributed by atoms with van der Waals surface area (Å²) >= 11 is 0. The number of ether oxygens (including phenoxy) is 1. The Kier molecular flexibility index (Phi) is 3.59. The van der Waals surface area contributed by atoms with Crippen molar-refractivity contribution in [2.75, 3.05) is 39.3 Å². The van der Waals surface area contributed by atoms with Crippen LogP contribution in [0.1, 0.15) is 19.3 Å². The molecule has 1 N–H and O–H groups in total. The number of hydrogen-bond donors (Lipinski definition) is 1. The number of morpholine rings is 1. The Morgan fingerprint density at radius 3 is 2.67 bits per heavy atom. The molecule has 18 heavy (non-hydrogen) atoms. The second-order valence-corrected chi connectivity index (χ2v) is 7.06. The molecule has 6 nitrogen and oxygen atoms in total. The van der Waals surface area contributed by atoms with Crippen LogP contribution in [-0.2, 0) is 14.9 Å². The van der Waals surface area contributed by atoms with E-state index in [1.54, 1.807) is 8.61 Å². The number of nitrogens with zero attached hydrogens (tertiary/aromatic N) is 2. The summed E-state index contributed by atoms with van der Waals surface area (Å²) in [6.45, 7) is 3.70. The minimum Gasteiger partial charge on any atom is -0.375 e. The van der Waals surface area contributed by atoms with E-state index in [1.165, 1.54) is 0 Å². The summed E-state index contributed by atoms with van der Waals surface area (Å²) in [6, 6.07) is 0.0682. The number of piperazine rings is 1. The fourth-order valence-corrected chi connectivity index (χ4v) is 5.03. The Balaban J connectivity index is 1.79. The van der Waals surface area contributed by atoms with Crippen molar-refractivity contribution in [3.8, 4) is 0 Å². The molecule has 0 bridgehead atoms. The van der Waals surface area contributed by atoms with Gasteiger partial charge in [0.05, 0.1) is 18.8 Å². The third kappa shape index (κ3) is 2.18. The van der Waals surface area contributed by atoms with Gasteiger partial charge in [-0.2, -0.15) is 17.0 Å². The molecule has 7 heteroatoms.